The van der Waals surface area contributed by atoms with Crippen LogP contribution < -0.4 is 4.90 Å². The molecule has 0 aliphatic rings. The average molecular weight is 242 g/mol. The standard InChI is InChI=1S/C14H14N2O2/c1-16(13-4-2-3-9-15-13)10-11-5-7-12(8-6-11)14(17)18/h2-9H,10H2,1H3,(H,17,18). The molecule has 4 nitrogen and oxygen atoms in total. The minimum atomic E-state index is -0.903. The molecule has 1 heterocycles. The summed E-state index contributed by atoms with van der Waals surface area (Å²) in [7, 11) is 1.95. The van der Waals surface area contributed by atoms with Crippen LogP contribution >= 0.6 is 0 Å². The molecule has 0 radical (unpaired) electrons. The van der Waals surface area contributed by atoms with Crippen molar-refractivity contribution in [3.63, 3.8) is 0 Å². The Morgan fingerprint density at radius 2 is 1.94 bits per heavy atom. The van der Waals surface area contributed by atoms with Crippen molar-refractivity contribution in [1.82, 2.24) is 4.98 Å². The highest BCUT2D eigenvalue weighted by atomic mass is 16.4. The summed E-state index contributed by atoms with van der Waals surface area (Å²) in [6.07, 6.45) is 1.75. The molecule has 0 saturated heterocycles. The lowest BCUT2D eigenvalue weighted by Crippen LogP contribution is -2.17. The van der Waals surface area contributed by atoms with E-state index in [4.69, 9.17) is 5.11 Å². The maximum absolute atomic E-state index is 10.7. The van der Waals surface area contributed by atoms with Gasteiger partial charge in [0.15, 0.2) is 0 Å². The molecule has 1 aromatic heterocycles. The third kappa shape index (κ3) is 2.85. The number of rotatable bonds is 4. The predicted molar refractivity (Wildman–Crippen MR) is 69.7 cm³/mol. The second-order valence-electron chi connectivity index (χ2n) is 4.05. The number of carboxylic acid groups (broad SMARTS) is 1. The van der Waals surface area contributed by atoms with Crippen LogP contribution in [0.15, 0.2) is 48.7 Å². The molecular weight excluding hydrogens is 228 g/mol. The quantitative estimate of drug-likeness (QED) is 0.894. The molecule has 92 valence electrons. The Morgan fingerprint density at radius 1 is 1.22 bits per heavy atom. The zero-order valence-corrected chi connectivity index (χ0v) is 10.1. The molecular formula is C14H14N2O2. The fourth-order valence-electron chi connectivity index (χ4n) is 1.69. The van der Waals surface area contributed by atoms with Gasteiger partial charge in [-0.15, -0.1) is 0 Å². The van der Waals surface area contributed by atoms with Crippen LogP contribution in [0.5, 0.6) is 0 Å². The van der Waals surface area contributed by atoms with Crippen LogP contribution in [-0.4, -0.2) is 23.1 Å². The molecule has 0 aliphatic carbocycles. The molecule has 0 atom stereocenters. The number of aromatic carboxylic acids is 1. The summed E-state index contributed by atoms with van der Waals surface area (Å²) < 4.78 is 0. The zero-order chi connectivity index (χ0) is 13.0. The molecule has 0 amide bonds. The number of aromatic nitrogens is 1. The van der Waals surface area contributed by atoms with Gasteiger partial charge in [-0.3, -0.25) is 0 Å². The number of benzene rings is 1. The number of carbonyl (C=O) groups is 1. The highest BCUT2D eigenvalue weighted by Crippen LogP contribution is 2.12. The normalized spacial score (nSPS) is 10.1. The van der Waals surface area contributed by atoms with Gasteiger partial charge in [0.05, 0.1) is 5.56 Å². The van der Waals surface area contributed by atoms with Crippen molar-refractivity contribution >= 4 is 11.8 Å². The SMILES string of the molecule is CN(Cc1ccc(C(=O)O)cc1)c1ccccn1. The Balaban J connectivity index is 2.08. The zero-order valence-electron chi connectivity index (χ0n) is 10.1. The smallest absolute Gasteiger partial charge is 0.335 e. The van der Waals surface area contributed by atoms with Gasteiger partial charge in [-0.25, -0.2) is 9.78 Å². The van der Waals surface area contributed by atoms with Gasteiger partial charge in [-0.05, 0) is 29.8 Å². The molecule has 0 aliphatic heterocycles. The molecule has 1 N–H and O–H groups in total. The largest absolute Gasteiger partial charge is 0.478 e. The molecule has 18 heavy (non-hydrogen) atoms. The minimum absolute atomic E-state index is 0.305. The van der Waals surface area contributed by atoms with E-state index in [9.17, 15) is 4.79 Å². The molecule has 2 aromatic rings. The van der Waals surface area contributed by atoms with E-state index in [0.29, 0.717) is 12.1 Å². The van der Waals surface area contributed by atoms with E-state index in [1.165, 1.54) is 0 Å². The first-order chi connectivity index (χ1) is 8.66. The van der Waals surface area contributed by atoms with E-state index in [0.717, 1.165) is 11.4 Å². The third-order valence-corrected chi connectivity index (χ3v) is 2.66. The summed E-state index contributed by atoms with van der Waals surface area (Å²) in [5, 5.41) is 8.82. The van der Waals surface area contributed by atoms with Crippen molar-refractivity contribution < 1.29 is 9.90 Å². The van der Waals surface area contributed by atoms with Crippen molar-refractivity contribution in [2.24, 2.45) is 0 Å². The van der Waals surface area contributed by atoms with E-state index in [1.807, 2.05) is 42.3 Å². The van der Waals surface area contributed by atoms with Crippen molar-refractivity contribution in [2.45, 2.75) is 6.54 Å². The molecule has 0 unspecified atom stereocenters. The minimum Gasteiger partial charge on any atom is -0.478 e. The molecule has 2 rings (SSSR count). The highest BCUT2D eigenvalue weighted by Gasteiger charge is 2.05. The fourth-order valence-corrected chi connectivity index (χ4v) is 1.69. The maximum Gasteiger partial charge on any atom is 0.335 e. The Hall–Kier alpha value is -2.36. The second-order valence-corrected chi connectivity index (χ2v) is 4.05. The van der Waals surface area contributed by atoms with Crippen LogP contribution in [0.2, 0.25) is 0 Å². The third-order valence-electron chi connectivity index (χ3n) is 2.66. The number of hydrogen-bond acceptors (Lipinski definition) is 3. The van der Waals surface area contributed by atoms with Crippen molar-refractivity contribution in [1.29, 1.82) is 0 Å². The lowest BCUT2D eigenvalue weighted by Gasteiger charge is -2.17. The van der Waals surface area contributed by atoms with E-state index in [1.54, 1.807) is 18.3 Å². The summed E-state index contributed by atoms with van der Waals surface area (Å²) >= 11 is 0. The highest BCUT2D eigenvalue weighted by molar-refractivity contribution is 5.87. The second kappa shape index (κ2) is 5.31. The summed E-state index contributed by atoms with van der Waals surface area (Å²) in [5.41, 5.74) is 1.35. The first-order valence-corrected chi connectivity index (χ1v) is 5.61. The van der Waals surface area contributed by atoms with E-state index in [2.05, 4.69) is 4.98 Å². The lowest BCUT2D eigenvalue weighted by atomic mass is 10.1. The van der Waals surface area contributed by atoms with Gasteiger partial charge in [0.25, 0.3) is 0 Å². The van der Waals surface area contributed by atoms with E-state index in [-0.39, 0.29) is 0 Å². The fraction of sp³-hybridized carbons (Fsp3) is 0.143. The summed E-state index contributed by atoms with van der Waals surface area (Å²) in [6.45, 7) is 0.691. The van der Waals surface area contributed by atoms with Gasteiger partial charge < -0.3 is 10.0 Å². The van der Waals surface area contributed by atoms with Crippen LogP contribution in [0.1, 0.15) is 15.9 Å². The Labute approximate surface area is 106 Å². The van der Waals surface area contributed by atoms with Gasteiger partial charge >= 0.3 is 5.97 Å². The molecule has 4 heteroatoms. The molecule has 0 saturated carbocycles. The predicted octanol–water partition coefficient (Wildman–Crippen LogP) is 2.42. The van der Waals surface area contributed by atoms with Gasteiger partial charge in [0.1, 0.15) is 5.82 Å². The number of nitrogens with zero attached hydrogens (tertiary/aromatic N) is 2. The van der Waals surface area contributed by atoms with Crippen LogP contribution in [0, 0.1) is 0 Å². The Morgan fingerprint density at radius 3 is 2.50 bits per heavy atom. The lowest BCUT2D eigenvalue weighted by molar-refractivity contribution is 0.0697. The van der Waals surface area contributed by atoms with Gasteiger partial charge in [0.2, 0.25) is 0 Å². The van der Waals surface area contributed by atoms with Crippen LogP contribution in [0.3, 0.4) is 0 Å². The monoisotopic (exact) mass is 242 g/mol. The van der Waals surface area contributed by atoms with E-state index < -0.39 is 5.97 Å². The van der Waals surface area contributed by atoms with Crippen molar-refractivity contribution in [3.8, 4) is 0 Å². The van der Waals surface area contributed by atoms with Gasteiger partial charge in [-0.1, -0.05) is 18.2 Å². The number of pyridine rings is 1. The topological polar surface area (TPSA) is 53.4 Å². The molecule has 0 fully saturated rings. The molecule has 1 aromatic carbocycles. The molecule has 0 spiro atoms. The number of carboxylic acids is 1. The van der Waals surface area contributed by atoms with Gasteiger partial charge in [-0.2, -0.15) is 0 Å². The van der Waals surface area contributed by atoms with Crippen LogP contribution in [0.4, 0.5) is 5.82 Å². The van der Waals surface area contributed by atoms with Crippen molar-refractivity contribution in [3.05, 3.63) is 59.8 Å². The number of anilines is 1. The first-order valence-electron chi connectivity index (χ1n) is 5.61. The average Bonchev–Trinajstić information content (AvgIpc) is 2.40. The summed E-state index contributed by atoms with van der Waals surface area (Å²) in [5.74, 6) is -0.0144. The van der Waals surface area contributed by atoms with E-state index >= 15 is 0 Å². The summed E-state index contributed by atoms with van der Waals surface area (Å²) in [4.78, 5) is 17.0. The Bertz CT molecular complexity index is 523. The van der Waals surface area contributed by atoms with Crippen molar-refractivity contribution in [2.75, 3.05) is 11.9 Å². The summed E-state index contributed by atoms with van der Waals surface area (Å²) in [6, 6.07) is 12.6. The maximum atomic E-state index is 10.7. The Kier molecular flexibility index (Phi) is 3.57. The van der Waals surface area contributed by atoms with Crippen LogP contribution in [0.25, 0.3) is 0 Å². The van der Waals surface area contributed by atoms with Crippen LogP contribution in [-0.2, 0) is 6.54 Å². The van der Waals surface area contributed by atoms with Gasteiger partial charge in [0, 0.05) is 19.8 Å². The number of hydrogen-bond donors (Lipinski definition) is 1. The molecule has 0 bridgehead atoms. The first kappa shape index (κ1) is 12.1.